The molecule has 1 aliphatic heterocycles. The maximum Gasteiger partial charge on any atom is 0.272 e. The van der Waals surface area contributed by atoms with Crippen molar-refractivity contribution in [3.05, 3.63) is 17.7 Å². The molecule has 0 radical (unpaired) electrons. The molecule has 126 valence electrons. The Morgan fingerprint density at radius 1 is 1.22 bits per heavy atom. The maximum atomic E-state index is 12.7. The van der Waals surface area contributed by atoms with Crippen LogP contribution < -0.4 is 5.32 Å². The van der Waals surface area contributed by atoms with Gasteiger partial charge < -0.3 is 15.2 Å². The molecular weight excluding hydrogens is 292 g/mol. The number of aromatic nitrogens is 2. The second kappa shape index (κ2) is 7.15. The number of H-pyrrole nitrogens is 1. The molecule has 0 spiro atoms. The summed E-state index contributed by atoms with van der Waals surface area (Å²) < 4.78 is 0. The zero-order chi connectivity index (χ0) is 16.2. The molecule has 0 bridgehead atoms. The molecule has 1 aliphatic carbocycles. The highest BCUT2D eigenvalue weighted by Gasteiger charge is 2.28. The summed E-state index contributed by atoms with van der Waals surface area (Å²) >= 11 is 0. The summed E-state index contributed by atoms with van der Waals surface area (Å²) in [6.45, 7) is 3.66. The van der Waals surface area contributed by atoms with Crippen molar-refractivity contribution in [2.24, 2.45) is 5.92 Å². The van der Waals surface area contributed by atoms with Crippen molar-refractivity contribution in [2.45, 2.75) is 57.9 Å². The standard InChI is InChI=1S/C17H26N4O2/c1-12-6-5-9-21(10-12)17(23)15-14(18-11-19-15)16(22)20-13-7-3-2-4-8-13/h11-13H,2-10H2,1H3,(H,18,19)(H,20,22)/t12-/m1/s1. The number of nitrogens with zero attached hydrogens (tertiary/aromatic N) is 2. The van der Waals surface area contributed by atoms with Crippen LogP contribution in [0.2, 0.25) is 0 Å². The van der Waals surface area contributed by atoms with Gasteiger partial charge in [-0.2, -0.15) is 0 Å². The van der Waals surface area contributed by atoms with Crippen molar-refractivity contribution >= 4 is 11.8 Å². The largest absolute Gasteiger partial charge is 0.348 e. The summed E-state index contributed by atoms with van der Waals surface area (Å²) in [7, 11) is 0. The molecule has 1 saturated carbocycles. The van der Waals surface area contributed by atoms with Gasteiger partial charge in [0.1, 0.15) is 5.69 Å². The first-order valence-electron chi connectivity index (χ1n) is 8.78. The molecule has 2 aliphatic rings. The molecule has 0 aromatic carbocycles. The highest BCUT2D eigenvalue weighted by molar-refractivity contribution is 6.04. The van der Waals surface area contributed by atoms with Crippen LogP contribution in [0, 0.1) is 5.92 Å². The monoisotopic (exact) mass is 318 g/mol. The number of piperidine rings is 1. The fourth-order valence-electron chi connectivity index (χ4n) is 3.66. The normalized spacial score (nSPS) is 22.8. The van der Waals surface area contributed by atoms with Gasteiger partial charge in [0.2, 0.25) is 0 Å². The van der Waals surface area contributed by atoms with Gasteiger partial charge in [0.05, 0.1) is 6.33 Å². The number of carbonyl (C=O) groups excluding carboxylic acids is 2. The molecule has 2 N–H and O–H groups in total. The van der Waals surface area contributed by atoms with Gasteiger partial charge in [-0.05, 0) is 31.6 Å². The van der Waals surface area contributed by atoms with Crippen molar-refractivity contribution in [1.82, 2.24) is 20.2 Å². The van der Waals surface area contributed by atoms with E-state index in [-0.39, 0.29) is 23.6 Å². The molecule has 6 nitrogen and oxygen atoms in total. The Bertz CT molecular complexity index is 563. The summed E-state index contributed by atoms with van der Waals surface area (Å²) in [5.74, 6) is 0.171. The van der Waals surface area contributed by atoms with E-state index in [1.165, 1.54) is 12.7 Å². The summed E-state index contributed by atoms with van der Waals surface area (Å²) in [6.07, 6.45) is 9.20. The van der Waals surface area contributed by atoms with E-state index in [0.29, 0.717) is 11.6 Å². The predicted molar refractivity (Wildman–Crippen MR) is 87.2 cm³/mol. The predicted octanol–water partition coefficient (Wildman–Crippen LogP) is 2.34. The molecule has 1 aromatic rings. The van der Waals surface area contributed by atoms with Crippen LogP contribution in [-0.2, 0) is 0 Å². The third-order valence-corrected chi connectivity index (χ3v) is 4.95. The van der Waals surface area contributed by atoms with Crippen LogP contribution in [-0.4, -0.2) is 45.8 Å². The van der Waals surface area contributed by atoms with Crippen LogP contribution in [0.4, 0.5) is 0 Å². The molecule has 1 atom stereocenters. The molecule has 2 amide bonds. The molecule has 0 unspecified atom stereocenters. The van der Waals surface area contributed by atoms with Gasteiger partial charge in [-0.15, -0.1) is 0 Å². The highest BCUT2D eigenvalue weighted by atomic mass is 16.2. The Kier molecular flexibility index (Phi) is 4.98. The number of amides is 2. The fraction of sp³-hybridized carbons (Fsp3) is 0.706. The molecule has 23 heavy (non-hydrogen) atoms. The van der Waals surface area contributed by atoms with Gasteiger partial charge in [-0.1, -0.05) is 26.2 Å². The van der Waals surface area contributed by atoms with Gasteiger partial charge in [-0.25, -0.2) is 4.98 Å². The van der Waals surface area contributed by atoms with E-state index < -0.39 is 0 Å². The quantitative estimate of drug-likeness (QED) is 0.898. The number of rotatable bonds is 3. The lowest BCUT2D eigenvalue weighted by molar-refractivity contribution is 0.0672. The molecule has 6 heteroatoms. The van der Waals surface area contributed by atoms with Gasteiger partial charge in [0, 0.05) is 19.1 Å². The van der Waals surface area contributed by atoms with Gasteiger partial charge in [-0.3, -0.25) is 9.59 Å². The van der Waals surface area contributed by atoms with Crippen molar-refractivity contribution in [3.63, 3.8) is 0 Å². The number of carbonyl (C=O) groups is 2. The average Bonchev–Trinajstić information content (AvgIpc) is 3.05. The van der Waals surface area contributed by atoms with Crippen molar-refractivity contribution in [3.8, 4) is 0 Å². The van der Waals surface area contributed by atoms with Gasteiger partial charge >= 0.3 is 0 Å². The van der Waals surface area contributed by atoms with Crippen molar-refractivity contribution in [1.29, 1.82) is 0 Å². The van der Waals surface area contributed by atoms with E-state index in [2.05, 4.69) is 22.2 Å². The second-order valence-electron chi connectivity index (χ2n) is 6.93. The molecule has 2 fully saturated rings. The highest BCUT2D eigenvalue weighted by Crippen LogP contribution is 2.20. The summed E-state index contributed by atoms with van der Waals surface area (Å²) in [6, 6.07) is 0.214. The minimum atomic E-state index is -0.230. The van der Waals surface area contributed by atoms with E-state index in [1.54, 1.807) is 0 Å². The molecule has 2 heterocycles. The lowest BCUT2D eigenvalue weighted by Crippen LogP contribution is -2.41. The second-order valence-corrected chi connectivity index (χ2v) is 6.93. The van der Waals surface area contributed by atoms with E-state index in [4.69, 9.17) is 0 Å². The van der Waals surface area contributed by atoms with Crippen LogP contribution in [0.15, 0.2) is 6.33 Å². The Labute approximate surface area is 137 Å². The zero-order valence-corrected chi connectivity index (χ0v) is 13.8. The van der Waals surface area contributed by atoms with Crippen LogP contribution in [0.5, 0.6) is 0 Å². The molecule has 3 rings (SSSR count). The van der Waals surface area contributed by atoms with Crippen LogP contribution in [0.3, 0.4) is 0 Å². The molecule has 1 aromatic heterocycles. The first-order valence-corrected chi connectivity index (χ1v) is 8.78. The Hall–Kier alpha value is -1.85. The minimum absolute atomic E-state index is 0.108. The Balaban J connectivity index is 1.68. The number of aromatic amines is 1. The van der Waals surface area contributed by atoms with Crippen molar-refractivity contribution in [2.75, 3.05) is 13.1 Å². The third-order valence-electron chi connectivity index (χ3n) is 4.95. The summed E-state index contributed by atoms with van der Waals surface area (Å²) in [5, 5.41) is 3.04. The van der Waals surface area contributed by atoms with E-state index in [0.717, 1.165) is 51.6 Å². The van der Waals surface area contributed by atoms with Crippen LogP contribution >= 0.6 is 0 Å². The summed E-state index contributed by atoms with van der Waals surface area (Å²) in [5.41, 5.74) is 0.561. The summed E-state index contributed by atoms with van der Waals surface area (Å²) in [4.78, 5) is 34.0. The zero-order valence-electron chi connectivity index (χ0n) is 13.8. The number of hydrogen-bond donors (Lipinski definition) is 2. The fourth-order valence-corrected chi connectivity index (χ4v) is 3.66. The average molecular weight is 318 g/mol. The maximum absolute atomic E-state index is 12.7. The number of imidazole rings is 1. The lowest BCUT2D eigenvalue weighted by Gasteiger charge is -2.30. The van der Waals surface area contributed by atoms with E-state index in [9.17, 15) is 9.59 Å². The first-order chi connectivity index (χ1) is 11.1. The smallest absolute Gasteiger partial charge is 0.272 e. The molecule has 1 saturated heterocycles. The van der Waals surface area contributed by atoms with Crippen molar-refractivity contribution < 1.29 is 9.59 Å². The topological polar surface area (TPSA) is 78.1 Å². The lowest BCUT2D eigenvalue weighted by atomic mass is 9.95. The van der Waals surface area contributed by atoms with Crippen LogP contribution in [0.1, 0.15) is 72.8 Å². The van der Waals surface area contributed by atoms with E-state index in [1.807, 2.05) is 4.90 Å². The number of nitrogens with one attached hydrogen (secondary N) is 2. The van der Waals surface area contributed by atoms with Gasteiger partial charge in [0.25, 0.3) is 11.8 Å². The van der Waals surface area contributed by atoms with Crippen LogP contribution in [0.25, 0.3) is 0 Å². The Morgan fingerprint density at radius 3 is 2.74 bits per heavy atom. The van der Waals surface area contributed by atoms with E-state index >= 15 is 0 Å². The SMILES string of the molecule is C[C@@H]1CCCN(C(=O)c2[nH]cnc2C(=O)NC2CCCCC2)C1. The molecular formula is C17H26N4O2. The number of likely N-dealkylation sites (tertiary alicyclic amines) is 1. The Morgan fingerprint density at radius 2 is 2.00 bits per heavy atom. The first kappa shape index (κ1) is 16.0. The van der Waals surface area contributed by atoms with Gasteiger partial charge in [0.15, 0.2) is 5.69 Å². The minimum Gasteiger partial charge on any atom is -0.348 e. The third kappa shape index (κ3) is 3.74. The number of hydrogen-bond acceptors (Lipinski definition) is 3.